The second kappa shape index (κ2) is 8.90. The van der Waals surface area contributed by atoms with Gasteiger partial charge in [0.1, 0.15) is 0 Å². The lowest BCUT2D eigenvalue weighted by atomic mass is 10.1. The number of hydrogen-bond acceptors (Lipinski definition) is 6. The molecule has 7 heteroatoms. The van der Waals surface area contributed by atoms with Crippen molar-refractivity contribution in [3.8, 4) is 0 Å². The third-order valence-corrected chi connectivity index (χ3v) is 4.25. The minimum atomic E-state index is -0.199. The molecule has 1 N–H and O–H groups in total. The van der Waals surface area contributed by atoms with Gasteiger partial charge in [0, 0.05) is 51.2 Å². The summed E-state index contributed by atoms with van der Waals surface area (Å²) in [6.45, 7) is 11.3. The summed E-state index contributed by atoms with van der Waals surface area (Å²) in [5, 5.41) is 2.77. The molecule has 23 heavy (non-hydrogen) atoms. The normalized spacial score (nSPS) is 21.1. The molecule has 0 unspecified atom stereocenters. The zero-order chi connectivity index (χ0) is 16.7. The summed E-state index contributed by atoms with van der Waals surface area (Å²) >= 11 is 0. The zero-order valence-electron chi connectivity index (χ0n) is 14.2. The topological polar surface area (TPSA) is 70.6 Å². The molecular formula is C16H27N5O2. The quantitative estimate of drug-likeness (QED) is 0.751. The molecule has 1 aliphatic rings. The van der Waals surface area contributed by atoms with Crippen LogP contribution in [0.15, 0.2) is 18.5 Å². The van der Waals surface area contributed by atoms with Crippen LogP contribution in [0.2, 0.25) is 0 Å². The molecular weight excluding hydrogens is 294 g/mol. The van der Waals surface area contributed by atoms with Crippen LogP contribution in [0, 0.1) is 0 Å². The lowest BCUT2D eigenvalue weighted by molar-refractivity contribution is -0.122. The number of hydrogen-bond donors (Lipinski definition) is 1. The van der Waals surface area contributed by atoms with Gasteiger partial charge in [-0.05, 0) is 26.8 Å². The van der Waals surface area contributed by atoms with Crippen molar-refractivity contribution in [3.63, 3.8) is 0 Å². The van der Waals surface area contributed by atoms with E-state index >= 15 is 0 Å². The Kier molecular flexibility index (Phi) is 6.88. The molecule has 1 fully saturated rings. The first-order valence-electron chi connectivity index (χ1n) is 8.25. The Morgan fingerprint density at radius 3 is 2.83 bits per heavy atom. The molecule has 2 heterocycles. The van der Waals surface area contributed by atoms with Crippen molar-refractivity contribution in [2.45, 2.75) is 32.9 Å². The molecule has 1 aliphatic heterocycles. The zero-order valence-corrected chi connectivity index (χ0v) is 14.2. The maximum Gasteiger partial charge on any atom is 0.243 e. The third kappa shape index (κ3) is 5.23. The van der Waals surface area contributed by atoms with E-state index in [1.807, 2.05) is 13.8 Å². The summed E-state index contributed by atoms with van der Waals surface area (Å²) in [5.74, 6) is 0.291. The SMILES string of the molecule is CCOCCN1CCN([C@H](C)C(=O)Nc2ncccn2)C[C@@H]1C. The number of ether oxygens (including phenoxy) is 1. The van der Waals surface area contributed by atoms with Gasteiger partial charge < -0.3 is 4.74 Å². The molecule has 0 aliphatic carbocycles. The highest BCUT2D eigenvalue weighted by Crippen LogP contribution is 2.13. The second-order valence-corrected chi connectivity index (χ2v) is 5.81. The van der Waals surface area contributed by atoms with Crippen LogP contribution in [0.5, 0.6) is 0 Å². The summed E-state index contributed by atoms with van der Waals surface area (Å²) in [5.41, 5.74) is 0. The summed E-state index contributed by atoms with van der Waals surface area (Å²) < 4.78 is 5.43. The van der Waals surface area contributed by atoms with Crippen LogP contribution in [0.25, 0.3) is 0 Å². The molecule has 128 valence electrons. The monoisotopic (exact) mass is 321 g/mol. The Morgan fingerprint density at radius 1 is 1.43 bits per heavy atom. The van der Waals surface area contributed by atoms with Crippen LogP contribution in [0.3, 0.4) is 0 Å². The molecule has 0 saturated carbocycles. The van der Waals surface area contributed by atoms with Crippen molar-refractivity contribution in [2.75, 3.05) is 44.7 Å². The van der Waals surface area contributed by atoms with E-state index in [0.29, 0.717) is 12.0 Å². The number of nitrogens with zero attached hydrogens (tertiary/aromatic N) is 4. The van der Waals surface area contributed by atoms with Crippen molar-refractivity contribution in [3.05, 3.63) is 18.5 Å². The van der Waals surface area contributed by atoms with Crippen molar-refractivity contribution in [1.29, 1.82) is 0 Å². The molecule has 0 radical (unpaired) electrons. The van der Waals surface area contributed by atoms with Crippen LogP contribution in [-0.4, -0.2) is 77.2 Å². The van der Waals surface area contributed by atoms with Crippen LogP contribution < -0.4 is 5.32 Å². The van der Waals surface area contributed by atoms with E-state index in [9.17, 15) is 4.79 Å². The summed E-state index contributed by atoms with van der Waals surface area (Å²) in [6, 6.07) is 1.94. The van der Waals surface area contributed by atoms with Crippen LogP contribution in [-0.2, 0) is 9.53 Å². The number of anilines is 1. The van der Waals surface area contributed by atoms with Gasteiger partial charge in [-0.15, -0.1) is 0 Å². The highest BCUT2D eigenvalue weighted by molar-refractivity contribution is 5.93. The summed E-state index contributed by atoms with van der Waals surface area (Å²) in [7, 11) is 0. The van der Waals surface area contributed by atoms with Crippen molar-refractivity contribution < 1.29 is 9.53 Å². The molecule has 2 rings (SSSR count). The molecule has 1 saturated heterocycles. The third-order valence-electron chi connectivity index (χ3n) is 4.25. The van der Waals surface area contributed by atoms with E-state index in [1.54, 1.807) is 18.5 Å². The lowest BCUT2D eigenvalue weighted by Gasteiger charge is -2.41. The summed E-state index contributed by atoms with van der Waals surface area (Å²) in [6.07, 6.45) is 3.24. The van der Waals surface area contributed by atoms with Gasteiger partial charge in [0.05, 0.1) is 12.6 Å². The number of piperazine rings is 1. The maximum absolute atomic E-state index is 12.3. The molecule has 1 aromatic heterocycles. The van der Waals surface area contributed by atoms with Crippen molar-refractivity contribution in [2.24, 2.45) is 0 Å². The van der Waals surface area contributed by atoms with Crippen molar-refractivity contribution >= 4 is 11.9 Å². The van der Waals surface area contributed by atoms with Gasteiger partial charge in [-0.2, -0.15) is 0 Å². The number of rotatable bonds is 7. The second-order valence-electron chi connectivity index (χ2n) is 5.81. The van der Waals surface area contributed by atoms with E-state index < -0.39 is 0 Å². The molecule has 2 atom stereocenters. The lowest BCUT2D eigenvalue weighted by Crippen LogP contribution is -2.57. The molecule has 7 nitrogen and oxygen atoms in total. The molecule has 0 spiro atoms. The first-order valence-corrected chi connectivity index (χ1v) is 8.25. The van der Waals surface area contributed by atoms with Crippen LogP contribution in [0.1, 0.15) is 20.8 Å². The average molecular weight is 321 g/mol. The van der Waals surface area contributed by atoms with Gasteiger partial charge in [0.25, 0.3) is 0 Å². The fourth-order valence-electron chi connectivity index (χ4n) is 2.78. The largest absolute Gasteiger partial charge is 0.380 e. The Balaban J connectivity index is 1.82. The number of carbonyl (C=O) groups excluding carboxylic acids is 1. The molecule has 0 aromatic carbocycles. The average Bonchev–Trinajstić information content (AvgIpc) is 2.56. The molecule has 0 bridgehead atoms. The van der Waals surface area contributed by atoms with E-state index in [-0.39, 0.29) is 11.9 Å². The smallest absolute Gasteiger partial charge is 0.243 e. The standard InChI is InChI=1S/C16H27N5O2/c1-4-23-11-10-20-8-9-21(12-13(20)2)14(3)15(22)19-16-17-6-5-7-18-16/h5-7,13-14H,4,8-12H2,1-3H3,(H,17,18,19,22)/t13-,14+/m0/s1. The number of nitrogens with one attached hydrogen (secondary N) is 1. The minimum Gasteiger partial charge on any atom is -0.380 e. The van der Waals surface area contributed by atoms with Crippen molar-refractivity contribution in [1.82, 2.24) is 19.8 Å². The summed E-state index contributed by atoms with van der Waals surface area (Å²) in [4.78, 5) is 25.0. The van der Waals surface area contributed by atoms with Gasteiger partial charge in [-0.1, -0.05) is 0 Å². The highest BCUT2D eigenvalue weighted by atomic mass is 16.5. The molecule has 1 amide bonds. The Morgan fingerprint density at radius 2 is 2.17 bits per heavy atom. The first-order chi connectivity index (χ1) is 11.1. The Labute approximate surface area is 138 Å². The van der Waals surface area contributed by atoms with E-state index in [2.05, 4.69) is 32.0 Å². The first kappa shape index (κ1) is 17.8. The Hall–Kier alpha value is -1.57. The van der Waals surface area contributed by atoms with Crippen LogP contribution >= 0.6 is 0 Å². The van der Waals surface area contributed by atoms with Gasteiger partial charge in [-0.3, -0.25) is 19.9 Å². The van der Waals surface area contributed by atoms with Gasteiger partial charge >= 0.3 is 0 Å². The number of amides is 1. The predicted molar refractivity (Wildman–Crippen MR) is 89.2 cm³/mol. The fraction of sp³-hybridized carbons (Fsp3) is 0.688. The predicted octanol–water partition coefficient (Wildman–Crippen LogP) is 0.846. The number of carbonyl (C=O) groups is 1. The van der Waals surface area contributed by atoms with E-state index in [0.717, 1.165) is 39.4 Å². The van der Waals surface area contributed by atoms with Gasteiger partial charge in [-0.25, -0.2) is 9.97 Å². The molecule has 1 aromatic rings. The van der Waals surface area contributed by atoms with E-state index in [4.69, 9.17) is 4.74 Å². The highest BCUT2D eigenvalue weighted by Gasteiger charge is 2.29. The van der Waals surface area contributed by atoms with Gasteiger partial charge in [0.15, 0.2) is 0 Å². The number of aromatic nitrogens is 2. The Bertz CT molecular complexity index is 485. The van der Waals surface area contributed by atoms with Crippen LogP contribution in [0.4, 0.5) is 5.95 Å². The van der Waals surface area contributed by atoms with E-state index in [1.165, 1.54) is 0 Å². The van der Waals surface area contributed by atoms with Gasteiger partial charge in [0.2, 0.25) is 11.9 Å². The fourth-order valence-corrected chi connectivity index (χ4v) is 2.78. The minimum absolute atomic E-state index is 0.0637. The maximum atomic E-state index is 12.3.